The van der Waals surface area contributed by atoms with Gasteiger partial charge in [-0.2, -0.15) is 0 Å². The zero-order chi connectivity index (χ0) is 38.9. The zero-order valence-corrected chi connectivity index (χ0v) is 30.7. The molecule has 4 aromatic rings. The van der Waals surface area contributed by atoms with Gasteiger partial charge >= 0.3 is 0 Å². The van der Waals surface area contributed by atoms with Crippen LogP contribution in [0, 0.1) is 5.82 Å². The lowest BCUT2D eigenvalue weighted by atomic mass is 10.0. The van der Waals surface area contributed by atoms with E-state index in [-0.39, 0.29) is 47.9 Å². The van der Waals surface area contributed by atoms with Crippen molar-refractivity contribution in [2.75, 3.05) is 81.0 Å². The number of nitrogens with zero attached hydrogens (tertiary/aromatic N) is 7. The molecule has 15 nitrogen and oxygen atoms in total. The van der Waals surface area contributed by atoms with Crippen LogP contribution in [0.2, 0.25) is 0 Å². The number of hydrogen-bond donors (Lipinski definition) is 3. The van der Waals surface area contributed by atoms with Crippen molar-refractivity contribution in [2.45, 2.75) is 25.4 Å². The third-order valence-corrected chi connectivity index (χ3v) is 10.9. The quantitative estimate of drug-likeness (QED) is 0.201. The number of rotatable bonds is 10. The maximum Gasteiger partial charge on any atom is 0.266 e. The number of nitrogen functional groups attached to an aromatic ring is 1. The van der Waals surface area contributed by atoms with Crippen LogP contribution in [0.1, 0.15) is 39.1 Å². The molecule has 3 fully saturated rings. The number of carbonyl (C=O) groups excluding carboxylic acids is 4. The molecule has 0 spiro atoms. The zero-order valence-electron chi connectivity index (χ0n) is 30.7. The first-order chi connectivity index (χ1) is 27.1. The highest BCUT2D eigenvalue weighted by Crippen LogP contribution is 2.34. The number of piperazine rings is 2. The van der Waals surface area contributed by atoms with Crippen molar-refractivity contribution in [1.82, 2.24) is 30.2 Å². The summed E-state index contributed by atoms with van der Waals surface area (Å²) < 4.78 is 21.5. The Labute approximate surface area is 322 Å². The van der Waals surface area contributed by atoms with E-state index in [0.717, 1.165) is 29.2 Å². The summed E-state index contributed by atoms with van der Waals surface area (Å²) >= 11 is 0. The Morgan fingerprint density at radius 3 is 2.25 bits per heavy atom. The number of imide groups is 2. The number of nitrogens with one attached hydrogen (secondary N) is 1. The number of phenols is 1. The number of phenolic OH excluding ortho intramolecular Hbond substituents is 1. The number of amides is 4. The summed E-state index contributed by atoms with van der Waals surface area (Å²) in [5.41, 5.74) is 9.89. The number of hydrogen-bond acceptors (Lipinski definition) is 13. The largest absolute Gasteiger partial charge is 0.507 e. The summed E-state index contributed by atoms with van der Waals surface area (Å²) in [6.07, 6.45) is 0.130. The van der Waals surface area contributed by atoms with Crippen LogP contribution < -0.4 is 25.6 Å². The van der Waals surface area contributed by atoms with Gasteiger partial charge in [0.2, 0.25) is 11.8 Å². The minimum Gasteiger partial charge on any atom is -0.507 e. The minimum absolute atomic E-state index is 0.0479. The number of anilines is 3. The van der Waals surface area contributed by atoms with Crippen LogP contribution in [0.25, 0.3) is 11.3 Å². The van der Waals surface area contributed by atoms with Crippen LogP contribution in [-0.4, -0.2) is 125 Å². The smallest absolute Gasteiger partial charge is 0.266 e. The molecule has 4 aliphatic heterocycles. The molecule has 0 aliphatic carbocycles. The maximum absolute atomic E-state index is 15.5. The summed E-state index contributed by atoms with van der Waals surface area (Å²) in [6, 6.07) is 18.1. The predicted molar refractivity (Wildman–Crippen MR) is 205 cm³/mol. The molecule has 56 heavy (non-hydrogen) atoms. The molecule has 0 radical (unpaired) electrons. The lowest BCUT2D eigenvalue weighted by molar-refractivity contribution is -0.136. The van der Waals surface area contributed by atoms with E-state index in [2.05, 4.69) is 30.2 Å². The van der Waals surface area contributed by atoms with Crippen LogP contribution in [0.5, 0.6) is 11.5 Å². The molecule has 16 heteroatoms. The molecule has 3 aromatic carbocycles. The van der Waals surface area contributed by atoms with Crippen LogP contribution in [0.4, 0.5) is 21.6 Å². The standard InChI is InChI=1S/C40H42FN9O6/c41-28-22-25(24-47-14-18-49(19-15-47)32-23-29(44-45-37(32)42)26-4-1-2-6-33(26)51)8-9-30(28)48-16-12-46(13-17-48)20-21-56-34-7-3-5-27-36(34)40(55)50(39(27)54)31-10-11-35(52)43-38(31)53/h1-9,22-23,31,51H,10-21,24H2,(H2,42,45)(H,43,52,53). The van der Waals surface area contributed by atoms with E-state index in [1.807, 2.05) is 29.2 Å². The van der Waals surface area contributed by atoms with Crippen molar-refractivity contribution in [2.24, 2.45) is 0 Å². The SMILES string of the molecule is Nc1nnc(-c2ccccc2O)cc1N1CCN(Cc2ccc(N3CCN(CCOc4cccc5c4C(=O)N(C4CCC(=O)NC4=O)C5=O)CC3)c(F)c2)CC1. The Bertz CT molecular complexity index is 2190. The summed E-state index contributed by atoms with van der Waals surface area (Å²) in [4.78, 5) is 60.2. The average Bonchev–Trinajstić information content (AvgIpc) is 3.45. The third kappa shape index (κ3) is 7.32. The first kappa shape index (κ1) is 36.8. The van der Waals surface area contributed by atoms with Crippen LogP contribution in [-0.2, 0) is 16.1 Å². The number of ether oxygens (including phenoxy) is 1. The van der Waals surface area contributed by atoms with Gasteiger partial charge in [-0.3, -0.25) is 39.2 Å². The molecule has 4 aliphatic rings. The Morgan fingerprint density at radius 2 is 1.52 bits per heavy atom. The second-order valence-electron chi connectivity index (χ2n) is 14.4. The predicted octanol–water partition coefficient (Wildman–Crippen LogP) is 2.49. The maximum atomic E-state index is 15.5. The van der Waals surface area contributed by atoms with Crippen LogP contribution >= 0.6 is 0 Å². The van der Waals surface area contributed by atoms with E-state index in [9.17, 15) is 24.3 Å². The van der Waals surface area contributed by atoms with Gasteiger partial charge in [0.25, 0.3) is 11.8 Å². The molecule has 4 amide bonds. The highest BCUT2D eigenvalue weighted by molar-refractivity contribution is 6.24. The second-order valence-corrected chi connectivity index (χ2v) is 14.4. The molecule has 1 atom stereocenters. The number of aromatic hydroxyl groups is 1. The van der Waals surface area contributed by atoms with Crippen molar-refractivity contribution in [3.8, 4) is 22.8 Å². The Balaban J connectivity index is 0.805. The molecular weight excluding hydrogens is 721 g/mol. The van der Waals surface area contributed by atoms with Gasteiger partial charge in [-0.15, -0.1) is 10.2 Å². The molecule has 3 saturated heterocycles. The lowest BCUT2D eigenvalue weighted by Gasteiger charge is -2.37. The highest BCUT2D eigenvalue weighted by atomic mass is 19.1. The highest BCUT2D eigenvalue weighted by Gasteiger charge is 2.46. The Kier molecular flexibility index (Phi) is 10.2. The van der Waals surface area contributed by atoms with Gasteiger partial charge in [-0.05, 0) is 54.4 Å². The van der Waals surface area contributed by atoms with Gasteiger partial charge < -0.3 is 25.4 Å². The lowest BCUT2D eigenvalue weighted by Crippen LogP contribution is -2.54. The number of carbonyl (C=O) groups is 4. The van der Waals surface area contributed by atoms with Crippen molar-refractivity contribution in [1.29, 1.82) is 0 Å². The van der Waals surface area contributed by atoms with E-state index in [1.165, 1.54) is 6.07 Å². The number of fused-ring (bicyclic) bond motifs is 1. The van der Waals surface area contributed by atoms with Gasteiger partial charge in [0, 0.05) is 77.4 Å². The number of nitrogens with two attached hydrogens (primary N) is 1. The molecule has 1 unspecified atom stereocenters. The molecule has 0 bridgehead atoms. The number of halogens is 1. The Morgan fingerprint density at radius 1 is 0.804 bits per heavy atom. The molecule has 5 heterocycles. The Hall–Kier alpha value is -6.13. The van der Waals surface area contributed by atoms with E-state index >= 15 is 4.39 Å². The molecule has 4 N–H and O–H groups in total. The first-order valence-corrected chi connectivity index (χ1v) is 18.8. The van der Waals surface area contributed by atoms with Gasteiger partial charge in [0.05, 0.1) is 28.2 Å². The van der Waals surface area contributed by atoms with Crippen LogP contribution in [0.15, 0.2) is 66.7 Å². The molecule has 0 saturated carbocycles. The van der Waals surface area contributed by atoms with Crippen LogP contribution in [0.3, 0.4) is 0 Å². The number of aromatic nitrogens is 2. The summed E-state index contributed by atoms with van der Waals surface area (Å²) in [7, 11) is 0. The summed E-state index contributed by atoms with van der Waals surface area (Å²) in [6.45, 7) is 7.01. The summed E-state index contributed by atoms with van der Waals surface area (Å²) in [5, 5.41) is 20.8. The monoisotopic (exact) mass is 763 g/mol. The van der Waals surface area contributed by atoms with E-state index < -0.39 is 29.7 Å². The third-order valence-electron chi connectivity index (χ3n) is 10.9. The fraction of sp³-hybridized carbons (Fsp3) is 0.350. The molecule has 290 valence electrons. The molecule has 8 rings (SSSR count). The van der Waals surface area contributed by atoms with Gasteiger partial charge in [-0.25, -0.2) is 4.39 Å². The van der Waals surface area contributed by atoms with Gasteiger partial charge in [0.15, 0.2) is 5.82 Å². The van der Waals surface area contributed by atoms with E-state index in [0.29, 0.717) is 75.1 Å². The van der Waals surface area contributed by atoms with Gasteiger partial charge in [0.1, 0.15) is 30.0 Å². The van der Waals surface area contributed by atoms with Crippen molar-refractivity contribution in [3.05, 3.63) is 89.2 Å². The van der Waals surface area contributed by atoms with Gasteiger partial charge in [-0.1, -0.05) is 24.3 Å². The molecular formula is C40H42FN9O6. The fourth-order valence-corrected chi connectivity index (χ4v) is 7.88. The number of piperidine rings is 1. The number of benzene rings is 3. The second kappa shape index (κ2) is 15.5. The minimum atomic E-state index is -1.04. The first-order valence-electron chi connectivity index (χ1n) is 18.8. The van der Waals surface area contributed by atoms with E-state index in [4.69, 9.17) is 10.5 Å². The van der Waals surface area contributed by atoms with Crippen molar-refractivity contribution < 1.29 is 33.4 Å². The van der Waals surface area contributed by atoms with E-state index in [1.54, 1.807) is 36.4 Å². The van der Waals surface area contributed by atoms with Crippen molar-refractivity contribution >= 4 is 40.8 Å². The average molecular weight is 764 g/mol. The number of para-hydroxylation sites is 1. The van der Waals surface area contributed by atoms with Crippen molar-refractivity contribution in [3.63, 3.8) is 0 Å². The summed E-state index contributed by atoms with van der Waals surface area (Å²) in [5.74, 6) is -1.80. The topological polar surface area (TPSA) is 178 Å². The fourth-order valence-electron chi connectivity index (χ4n) is 7.88. The normalized spacial score (nSPS) is 19.4. The molecule has 1 aromatic heterocycles.